The topological polar surface area (TPSA) is 57.7 Å². The van der Waals surface area contributed by atoms with Crippen LogP contribution >= 0.6 is 38.6 Å². The van der Waals surface area contributed by atoms with E-state index >= 15 is 0 Å². The lowest BCUT2D eigenvalue weighted by Gasteiger charge is -2.33. The van der Waals surface area contributed by atoms with Crippen LogP contribution in [0.3, 0.4) is 0 Å². The standard InChI is InChI=1S/C13H13BrN2O3S3/c14-11-4-3-10(21-11)13(17)15-5-7-16(8-6-15)22(18,19)12-2-1-9-20-12/h1-4,9H,5-8H2. The average molecular weight is 421 g/mol. The normalized spacial score (nSPS) is 16.9. The van der Waals surface area contributed by atoms with Gasteiger partial charge in [0.15, 0.2) is 0 Å². The molecule has 1 amide bonds. The number of thiophene rings is 2. The number of hydrogen-bond donors (Lipinski definition) is 0. The zero-order valence-corrected chi connectivity index (χ0v) is 15.5. The van der Waals surface area contributed by atoms with Crippen LogP contribution in [0.15, 0.2) is 37.6 Å². The maximum atomic E-state index is 12.4. The van der Waals surface area contributed by atoms with Gasteiger partial charge >= 0.3 is 0 Å². The average Bonchev–Trinajstić information content (AvgIpc) is 3.18. The molecule has 3 rings (SSSR count). The van der Waals surface area contributed by atoms with Crippen molar-refractivity contribution < 1.29 is 13.2 Å². The van der Waals surface area contributed by atoms with Gasteiger partial charge in [-0.2, -0.15) is 4.31 Å². The quantitative estimate of drug-likeness (QED) is 0.766. The van der Waals surface area contributed by atoms with Gasteiger partial charge in [0.1, 0.15) is 4.21 Å². The lowest BCUT2D eigenvalue weighted by molar-refractivity contribution is 0.0703. The van der Waals surface area contributed by atoms with E-state index in [9.17, 15) is 13.2 Å². The van der Waals surface area contributed by atoms with Crippen LogP contribution < -0.4 is 0 Å². The van der Waals surface area contributed by atoms with Gasteiger partial charge in [-0.3, -0.25) is 4.79 Å². The molecule has 0 radical (unpaired) electrons. The molecular formula is C13H13BrN2O3S3. The summed E-state index contributed by atoms with van der Waals surface area (Å²) in [4.78, 5) is 14.7. The van der Waals surface area contributed by atoms with E-state index in [2.05, 4.69) is 15.9 Å². The van der Waals surface area contributed by atoms with Crippen molar-refractivity contribution in [1.82, 2.24) is 9.21 Å². The first-order chi connectivity index (χ1) is 10.5. The van der Waals surface area contributed by atoms with Crippen LogP contribution in [0.4, 0.5) is 0 Å². The number of amides is 1. The summed E-state index contributed by atoms with van der Waals surface area (Å²) in [5.41, 5.74) is 0. The van der Waals surface area contributed by atoms with Crippen LogP contribution in [0, 0.1) is 0 Å². The van der Waals surface area contributed by atoms with E-state index in [-0.39, 0.29) is 5.91 Å². The molecule has 118 valence electrons. The van der Waals surface area contributed by atoms with Crippen LogP contribution in [0.25, 0.3) is 0 Å². The molecule has 0 atom stereocenters. The predicted octanol–water partition coefficient (Wildman–Crippen LogP) is 2.72. The molecule has 0 unspecified atom stereocenters. The van der Waals surface area contributed by atoms with Crippen LogP contribution in [0.5, 0.6) is 0 Å². The third-order valence-electron chi connectivity index (χ3n) is 3.40. The Balaban J connectivity index is 1.67. The first-order valence-electron chi connectivity index (χ1n) is 6.57. The smallest absolute Gasteiger partial charge is 0.264 e. The van der Waals surface area contributed by atoms with E-state index in [0.29, 0.717) is 35.3 Å². The second-order valence-corrected chi connectivity index (χ2v) is 10.3. The molecule has 2 aromatic heterocycles. The molecule has 0 aromatic carbocycles. The van der Waals surface area contributed by atoms with Crippen LogP contribution in [0.2, 0.25) is 0 Å². The van der Waals surface area contributed by atoms with E-state index in [4.69, 9.17) is 0 Å². The highest BCUT2D eigenvalue weighted by Gasteiger charge is 2.31. The molecule has 9 heteroatoms. The molecule has 3 heterocycles. The first kappa shape index (κ1) is 16.1. The minimum Gasteiger partial charge on any atom is -0.335 e. The second kappa shape index (κ2) is 6.40. The Hall–Kier alpha value is -0.740. The van der Waals surface area contributed by atoms with Gasteiger partial charge in [-0.05, 0) is 39.5 Å². The Bertz CT molecular complexity index is 762. The summed E-state index contributed by atoms with van der Waals surface area (Å²) in [6.45, 7) is 1.49. The maximum absolute atomic E-state index is 12.4. The fraction of sp³-hybridized carbons (Fsp3) is 0.308. The van der Waals surface area contributed by atoms with Crippen molar-refractivity contribution in [3.63, 3.8) is 0 Å². The monoisotopic (exact) mass is 420 g/mol. The van der Waals surface area contributed by atoms with Crippen molar-refractivity contribution in [3.05, 3.63) is 38.3 Å². The van der Waals surface area contributed by atoms with Crippen molar-refractivity contribution in [1.29, 1.82) is 0 Å². The third-order valence-corrected chi connectivity index (χ3v) is 8.28. The van der Waals surface area contributed by atoms with E-state index in [0.717, 1.165) is 3.79 Å². The Morgan fingerprint density at radius 2 is 1.86 bits per heavy atom. The molecule has 0 spiro atoms. The molecule has 22 heavy (non-hydrogen) atoms. The molecule has 0 N–H and O–H groups in total. The Labute approximate surface area is 145 Å². The van der Waals surface area contributed by atoms with Gasteiger partial charge in [0.05, 0.1) is 8.66 Å². The van der Waals surface area contributed by atoms with E-state index in [1.807, 2.05) is 6.07 Å². The minimum absolute atomic E-state index is 0.0381. The lowest BCUT2D eigenvalue weighted by Crippen LogP contribution is -2.50. The SMILES string of the molecule is O=C(c1ccc(Br)s1)N1CCN(S(=O)(=O)c2cccs2)CC1. The summed E-state index contributed by atoms with van der Waals surface area (Å²) in [6, 6.07) is 6.97. The number of hydrogen-bond acceptors (Lipinski definition) is 5. The van der Waals surface area contributed by atoms with Gasteiger partial charge in [0.2, 0.25) is 0 Å². The summed E-state index contributed by atoms with van der Waals surface area (Å²) in [5, 5.41) is 1.75. The van der Waals surface area contributed by atoms with Crippen molar-refractivity contribution >= 4 is 54.5 Å². The van der Waals surface area contributed by atoms with Gasteiger partial charge in [-0.1, -0.05) is 6.07 Å². The zero-order chi connectivity index (χ0) is 15.7. The van der Waals surface area contributed by atoms with E-state index < -0.39 is 10.0 Å². The summed E-state index contributed by atoms with van der Waals surface area (Å²) >= 11 is 5.95. The minimum atomic E-state index is -3.42. The number of sulfonamides is 1. The Morgan fingerprint density at radius 3 is 2.41 bits per heavy atom. The van der Waals surface area contributed by atoms with Gasteiger partial charge in [0, 0.05) is 26.2 Å². The molecule has 0 aliphatic carbocycles. The summed E-state index contributed by atoms with van der Waals surface area (Å²) in [5.74, 6) is -0.0381. The van der Waals surface area contributed by atoms with Crippen LogP contribution in [-0.2, 0) is 10.0 Å². The molecule has 0 saturated carbocycles. The van der Waals surface area contributed by atoms with E-state index in [1.54, 1.807) is 28.5 Å². The number of halogens is 1. The predicted molar refractivity (Wildman–Crippen MR) is 91.0 cm³/mol. The van der Waals surface area contributed by atoms with Crippen LogP contribution in [-0.4, -0.2) is 49.7 Å². The molecule has 1 saturated heterocycles. The van der Waals surface area contributed by atoms with Crippen molar-refractivity contribution in [2.75, 3.05) is 26.2 Å². The number of piperazine rings is 1. The fourth-order valence-corrected chi connectivity index (χ4v) is 6.17. The fourth-order valence-electron chi connectivity index (χ4n) is 2.25. The van der Waals surface area contributed by atoms with Crippen molar-refractivity contribution in [3.8, 4) is 0 Å². The molecule has 2 aromatic rings. The second-order valence-electron chi connectivity index (χ2n) is 4.73. The maximum Gasteiger partial charge on any atom is 0.264 e. The number of carbonyl (C=O) groups excluding carboxylic acids is 1. The highest BCUT2D eigenvalue weighted by molar-refractivity contribution is 9.11. The van der Waals surface area contributed by atoms with Crippen molar-refractivity contribution in [2.45, 2.75) is 4.21 Å². The van der Waals surface area contributed by atoms with Gasteiger partial charge in [-0.25, -0.2) is 8.42 Å². The van der Waals surface area contributed by atoms with Gasteiger partial charge in [0.25, 0.3) is 15.9 Å². The number of nitrogens with zero attached hydrogens (tertiary/aromatic N) is 2. The molecule has 1 aliphatic heterocycles. The highest BCUT2D eigenvalue weighted by atomic mass is 79.9. The van der Waals surface area contributed by atoms with Crippen LogP contribution in [0.1, 0.15) is 9.67 Å². The molecule has 5 nitrogen and oxygen atoms in total. The Kier molecular flexibility index (Phi) is 4.69. The van der Waals surface area contributed by atoms with Gasteiger partial charge < -0.3 is 4.90 Å². The number of rotatable bonds is 3. The number of carbonyl (C=O) groups is 1. The van der Waals surface area contributed by atoms with Crippen molar-refractivity contribution in [2.24, 2.45) is 0 Å². The zero-order valence-electron chi connectivity index (χ0n) is 11.4. The lowest BCUT2D eigenvalue weighted by atomic mass is 10.3. The summed E-state index contributed by atoms with van der Waals surface area (Å²) in [7, 11) is -3.42. The third kappa shape index (κ3) is 3.13. The molecule has 0 bridgehead atoms. The molecule has 1 aliphatic rings. The van der Waals surface area contributed by atoms with Gasteiger partial charge in [-0.15, -0.1) is 22.7 Å². The van der Waals surface area contributed by atoms with E-state index in [1.165, 1.54) is 27.0 Å². The molecule has 1 fully saturated rings. The highest BCUT2D eigenvalue weighted by Crippen LogP contribution is 2.25. The summed E-state index contributed by atoms with van der Waals surface area (Å²) < 4.78 is 27.6. The summed E-state index contributed by atoms with van der Waals surface area (Å²) in [6.07, 6.45) is 0. The first-order valence-corrected chi connectivity index (χ1v) is 10.5. The molecular weight excluding hydrogens is 408 g/mol. The Morgan fingerprint density at radius 1 is 1.14 bits per heavy atom. The largest absolute Gasteiger partial charge is 0.335 e.